The summed E-state index contributed by atoms with van der Waals surface area (Å²) in [6.07, 6.45) is 6.26. The number of nitrogens with two attached hydrogens (primary N) is 1. The van der Waals surface area contributed by atoms with Crippen LogP contribution in [0.1, 0.15) is 37.7 Å². The minimum Gasteiger partial charge on any atom is -0.383 e. The van der Waals surface area contributed by atoms with E-state index in [1.54, 1.807) is 7.11 Å². The predicted octanol–water partition coefficient (Wildman–Crippen LogP) is 2.37. The molecule has 2 rings (SSSR count). The van der Waals surface area contributed by atoms with Crippen molar-refractivity contribution in [2.24, 2.45) is 5.84 Å². The number of methoxy groups -OCH3 is 1. The Morgan fingerprint density at radius 3 is 2.44 bits per heavy atom. The zero-order valence-corrected chi connectivity index (χ0v) is 11.2. The Labute approximate surface area is 110 Å². The first-order valence-electron chi connectivity index (χ1n) is 6.84. The second-order valence-electron chi connectivity index (χ2n) is 5.26. The van der Waals surface area contributed by atoms with Gasteiger partial charge in [-0.25, -0.2) is 0 Å². The number of ether oxygens (including phenoxy) is 1. The molecule has 0 saturated heterocycles. The van der Waals surface area contributed by atoms with Gasteiger partial charge < -0.3 is 4.74 Å². The van der Waals surface area contributed by atoms with Gasteiger partial charge in [0.1, 0.15) is 0 Å². The molecule has 0 spiro atoms. The molecule has 1 aliphatic carbocycles. The number of hydrazine groups is 1. The van der Waals surface area contributed by atoms with E-state index in [9.17, 15) is 0 Å². The number of hydrogen-bond donors (Lipinski definition) is 2. The highest BCUT2D eigenvalue weighted by atomic mass is 16.5. The normalized spacial score (nSPS) is 20.6. The Morgan fingerprint density at radius 1 is 1.22 bits per heavy atom. The van der Waals surface area contributed by atoms with Crippen molar-refractivity contribution in [3.05, 3.63) is 35.9 Å². The van der Waals surface area contributed by atoms with Gasteiger partial charge in [-0.3, -0.25) is 11.3 Å². The molecule has 18 heavy (non-hydrogen) atoms. The van der Waals surface area contributed by atoms with Gasteiger partial charge in [-0.2, -0.15) is 0 Å². The highest BCUT2D eigenvalue weighted by Crippen LogP contribution is 2.42. The van der Waals surface area contributed by atoms with Crippen LogP contribution >= 0.6 is 0 Å². The van der Waals surface area contributed by atoms with Crippen LogP contribution in [0.25, 0.3) is 0 Å². The smallest absolute Gasteiger partial charge is 0.0638 e. The lowest BCUT2D eigenvalue weighted by molar-refractivity contribution is 0.104. The van der Waals surface area contributed by atoms with Crippen LogP contribution in [0.3, 0.4) is 0 Å². The molecule has 100 valence electrons. The molecule has 0 radical (unpaired) electrons. The van der Waals surface area contributed by atoms with E-state index in [0.717, 1.165) is 0 Å². The summed E-state index contributed by atoms with van der Waals surface area (Å²) < 4.78 is 5.35. The fraction of sp³-hybridized carbons (Fsp3) is 0.600. The van der Waals surface area contributed by atoms with E-state index in [2.05, 4.69) is 35.8 Å². The van der Waals surface area contributed by atoms with Gasteiger partial charge in [0.2, 0.25) is 0 Å². The van der Waals surface area contributed by atoms with Crippen molar-refractivity contribution in [1.29, 1.82) is 0 Å². The Balaban J connectivity index is 2.33. The maximum atomic E-state index is 5.78. The van der Waals surface area contributed by atoms with Gasteiger partial charge in [0.05, 0.1) is 12.6 Å². The highest BCUT2D eigenvalue weighted by Gasteiger charge is 2.40. The van der Waals surface area contributed by atoms with E-state index in [4.69, 9.17) is 10.6 Å². The number of nitrogens with one attached hydrogen (secondary N) is 1. The number of rotatable bonds is 5. The lowest BCUT2D eigenvalue weighted by Gasteiger charge is -2.43. The average Bonchev–Trinajstić information content (AvgIpc) is 2.46. The first kappa shape index (κ1) is 13.5. The van der Waals surface area contributed by atoms with Crippen LogP contribution in [0.4, 0.5) is 0 Å². The second kappa shape index (κ2) is 6.32. The largest absolute Gasteiger partial charge is 0.383 e. The molecule has 1 fully saturated rings. The van der Waals surface area contributed by atoms with Crippen molar-refractivity contribution in [3.63, 3.8) is 0 Å². The Morgan fingerprint density at radius 2 is 1.89 bits per heavy atom. The predicted molar refractivity (Wildman–Crippen MR) is 74.2 cm³/mol. The quantitative estimate of drug-likeness (QED) is 0.621. The lowest BCUT2D eigenvalue weighted by Crippen LogP contribution is -2.54. The van der Waals surface area contributed by atoms with E-state index in [1.165, 1.54) is 37.7 Å². The van der Waals surface area contributed by atoms with Gasteiger partial charge in [0.15, 0.2) is 0 Å². The molecule has 0 aliphatic heterocycles. The van der Waals surface area contributed by atoms with Crippen LogP contribution in [0.5, 0.6) is 0 Å². The molecule has 1 saturated carbocycles. The molecule has 0 bridgehead atoms. The van der Waals surface area contributed by atoms with Crippen LogP contribution in [-0.2, 0) is 10.2 Å². The van der Waals surface area contributed by atoms with E-state index in [1.807, 2.05) is 0 Å². The molecule has 3 nitrogen and oxygen atoms in total. The van der Waals surface area contributed by atoms with Crippen molar-refractivity contribution in [2.75, 3.05) is 13.7 Å². The zero-order chi connectivity index (χ0) is 12.8. The van der Waals surface area contributed by atoms with E-state index in [0.29, 0.717) is 6.61 Å². The van der Waals surface area contributed by atoms with Crippen LogP contribution < -0.4 is 11.3 Å². The summed E-state index contributed by atoms with van der Waals surface area (Å²) in [5.74, 6) is 5.78. The molecular formula is C15H24N2O. The monoisotopic (exact) mass is 248 g/mol. The van der Waals surface area contributed by atoms with Crippen molar-refractivity contribution >= 4 is 0 Å². The fourth-order valence-corrected chi connectivity index (χ4v) is 3.32. The van der Waals surface area contributed by atoms with Crippen LogP contribution in [0.15, 0.2) is 30.3 Å². The molecule has 0 amide bonds. The zero-order valence-electron chi connectivity index (χ0n) is 11.2. The lowest BCUT2D eigenvalue weighted by atomic mass is 9.65. The van der Waals surface area contributed by atoms with Crippen LogP contribution in [0.2, 0.25) is 0 Å². The minimum absolute atomic E-state index is 0.129. The molecule has 3 heteroatoms. The molecule has 1 unspecified atom stereocenters. The SMILES string of the molecule is COCC(NN)C1(c2ccccc2)CCCCC1. The third-order valence-corrected chi connectivity index (χ3v) is 4.30. The third kappa shape index (κ3) is 2.58. The summed E-state index contributed by atoms with van der Waals surface area (Å²) in [7, 11) is 1.74. The summed E-state index contributed by atoms with van der Waals surface area (Å²) in [5, 5.41) is 0. The Bertz CT molecular complexity index is 347. The summed E-state index contributed by atoms with van der Waals surface area (Å²) in [4.78, 5) is 0. The molecule has 3 N–H and O–H groups in total. The minimum atomic E-state index is 0.129. The van der Waals surface area contributed by atoms with Crippen molar-refractivity contribution < 1.29 is 4.74 Å². The molecular weight excluding hydrogens is 224 g/mol. The van der Waals surface area contributed by atoms with Gasteiger partial charge in [0.25, 0.3) is 0 Å². The van der Waals surface area contributed by atoms with Gasteiger partial charge in [-0.15, -0.1) is 0 Å². The van der Waals surface area contributed by atoms with E-state index >= 15 is 0 Å². The van der Waals surface area contributed by atoms with Gasteiger partial charge >= 0.3 is 0 Å². The van der Waals surface area contributed by atoms with Crippen molar-refractivity contribution in [1.82, 2.24) is 5.43 Å². The molecule has 1 aromatic rings. The first-order valence-corrected chi connectivity index (χ1v) is 6.84. The first-order chi connectivity index (χ1) is 8.83. The van der Waals surface area contributed by atoms with Crippen LogP contribution in [-0.4, -0.2) is 19.8 Å². The molecule has 1 aromatic carbocycles. The maximum Gasteiger partial charge on any atom is 0.0638 e. The molecule has 0 aromatic heterocycles. The molecule has 1 atom stereocenters. The van der Waals surface area contributed by atoms with Gasteiger partial charge in [-0.05, 0) is 18.4 Å². The van der Waals surface area contributed by atoms with Crippen molar-refractivity contribution in [2.45, 2.75) is 43.6 Å². The number of hydrogen-bond acceptors (Lipinski definition) is 3. The molecule has 1 aliphatic rings. The van der Waals surface area contributed by atoms with Crippen molar-refractivity contribution in [3.8, 4) is 0 Å². The Kier molecular flexibility index (Phi) is 4.75. The molecule has 0 heterocycles. The third-order valence-electron chi connectivity index (χ3n) is 4.30. The fourth-order valence-electron chi connectivity index (χ4n) is 3.32. The number of benzene rings is 1. The summed E-state index contributed by atoms with van der Waals surface area (Å²) in [6, 6.07) is 10.9. The van der Waals surface area contributed by atoms with E-state index in [-0.39, 0.29) is 11.5 Å². The van der Waals surface area contributed by atoms with Crippen LogP contribution in [0, 0.1) is 0 Å². The summed E-state index contributed by atoms with van der Waals surface area (Å²) >= 11 is 0. The average molecular weight is 248 g/mol. The summed E-state index contributed by atoms with van der Waals surface area (Å²) in [5.41, 5.74) is 4.51. The standard InChI is InChI=1S/C15H24N2O/c1-18-12-14(17-16)15(10-6-3-7-11-15)13-8-4-2-5-9-13/h2,4-5,8-9,14,17H,3,6-7,10-12,16H2,1H3. The summed E-state index contributed by atoms with van der Waals surface area (Å²) in [6.45, 7) is 0.658. The maximum absolute atomic E-state index is 5.78. The van der Waals surface area contributed by atoms with E-state index < -0.39 is 0 Å². The highest BCUT2D eigenvalue weighted by molar-refractivity contribution is 5.28. The topological polar surface area (TPSA) is 47.3 Å². The Hall–Kier alpha value is -0.900. The van der Waals surface area contributed by atoms with Gasteiger partial charge in [-0.1, -0.05) is 49.6 Å². The van der Waals surface area contributed by atoms with Gasteiger partial charge in [0, 0.05) is 12.5 Å². The second-order valence-corrected chi connectivity index (χ2v) is 5.26.